The van der Waals surface area contributed by atoms with Gasteiger partial charge >= 0.3 is 0 Å². The summed E-state index contributed by atoms with van der Waals surface area (Å²) in [6, 6.07) is 29.3. The molecule has 0 radical (unpaired) electrons. The van der Waals surface area contributed by atoms with E-state index < -0.39 is 10.8 Å². The highest BCUT2D eigenvalue weighted by atomic mass is 16.3. The first-order valence-corrected chi connectivity index (χ1v) is 15.2. The highest BCUT2D eigenvalue weighted by Gasteiger charge is 2.58. The minimum Gasteiger partial charge on any atom is -0.506 e. The number of aliphatic hydroxyl groups excluding tert-OH is 1. The molecule has 4 nitrogen and oxygen atoms in total. The molecule has 0 amide bonds. The average molecular weight is 562 g/mol. The third-order valence-corrected chi connectivity index (χ3v) is 9.91. The van der Waals surface area contributed by atoms with Gasteiger partial charge in [-0.05, 0) is 64.0 Å². The Balaban J connectivity index is 1.86. The summed E-state index contributed by atoms with van der Waals surface area (Å²) in [5.74, 6) is 0.273. The maximum absolute atomic E-state index is 12.3. The Kier molecular flexibility index (Phi) is 7.28. The van der Waals surface area contributed by atoms with E-state index in [1.807, 2.05) is 24.3 Å². The van der Waals surface area contributed by atoms with Crippen LogP contribution in [0, 0.1) is 16.2 Å². The Morgan fingerprint density at radius 2 is 1.17 bits per heavy atom. The van der Waals surface area contributed by atoms with Crippen molar-refractivity contribution in [3.63, 3.8) is 0 Å². The molecule has 4 heteroatoms. The van der Waals surface area contributed by atoms with Crippen molar-refractivity contribution >= 4 is 16.7 Å². The van der Waals surface area contributed by atoms with Crippen LogP contribution in [0.1, 0.15) is 86.3 Å². The summed E-state index contributed by atoms with van der Waals surface area (Å²) < 4.78 is 0. The highest BCUT2D eigenvalue weighted by molar-refractivity contribution is 5.76. The van der Waals surface area contributed by atoms with Gasteiger partial charge < -0.3 is 5.11 Å². The van der Waals surface area contributed by atoms with E-state index >= 15 is 0 Å². The first-order chi connectivity index (χ1) is 19.6. The van der Waals surface area contributed by atoms with Crippen molar-refractivity contribution in [3.05, 3.63) is 113 Å². The quantitative estimate of drug-likeness (QED) is 0.244. The molecule has 0 bridgehead atoms. The number of hydrogen-bond acceptors (Lipinski definition) is 3. The van der Waals surface area contributed by atoms with Crippen molar-refractivity contribution in [2.45, 2.75) is 86.0 Å². The zero-order valence-electron chi connectivity index (χ0n) is 26.9. The summed E-state index contributed by atoms with van der Waals surface area (Å²) in [4.78, 5) is 1.67. The normalized spacial score (nSPS) is 18.8. The first-order valence-electron chi connectivity index (χ1n) is 15.2. The Labute approximate surface area is 252 Å². The van der Waals surface area contributed by atoms with Gasteiger partial charge in [-0.1, -0.05) is 135 Å². The number of hydrogen-bond donors (Lipinski definition) is 1. The standard InChI is InChI=1S/C38H47N3O/c1-34(2,3)26-35(4,5)38(37(8,9)28-20-14-11-15-21-28)24-29(36(6,7)27-18-12-10-13-19-27)33(42)32(25-38)41-39-30-22-16-17-23-31(30)40-41/h10-23,25,42H,24,26H2,1-9H3. The summed E-state index contributed by atoms with van der Waals surface area (Å²) >= 11 is 0. The first kappa shape index (κ1) is 29.8. The second kappa shape index (κ2) is 10.3. The molecule has 0 saturated heterocycles. The Bertz CT molecular complexity index is 1600. The van der Waals surface area contributed by atoms with Gasteiger partial charge in [0, 0.05) is 10.8 Å². The number of aromatic nitrogens is 3. The molecule has 1 unspecified atom stereocenters. The minimum absolute atomic E-state index is 0.0915. The molecular weight excluding hydrogens is 514 g/mol. The van der Waals surface area contributed by atoms with E-state index in [0.717, 1.165) is 23.0 Å². The van der Waals surface area contributed by atoms with E-state index in [0.29, 0.717) is 12.1 Å². The fourth-order valence-corrected chi connectivity index (χ4v) is 7.81. The molecular formula is C38H47N3O. The van der Waals surface area contributed by atoms with Crippen LogP contribution >= 0.6 is 0 Å². The van der Waals surface area contributed by atoms with Crippen LogP contribution in [-0.4, -0.2) is 20.1 Å². The van der Waals surface area contributed by atoms with E-state index in [4.69, 9.17) is 10.2 Å². The number of rotatable bonds is 7. The van der Waals surface area contributed by atoms with Gasteiger partial charge in [-0.15, -0.1) is 15.0 Å². The molecule has 1 atom stereocenters. The van der Waals surface area contributed by atoms with Gasteiger partial charge in [-0.2, -0.15) is 0 Å². The molecule has 0 spiro atoms. The SMILES string of the molecule is CC(C)(C)CC(C)(C)C1(C(C)(C)c2ccccc2)C=C(n2nc3ccccc3n2)C(O)=C(C(C)(C)c2ccccc2)C1. The third-order valence-electron chi connectivity index (χ3n) is 9.91. The van der Waals surface area contributed by atoms with Crippen LogP contribution in [0.4, 0.5) is 0 Å². The fourth-order valence-electron chi connectivity index (χ4n) is 7.81. The Morgan fingerprint density at radius 1 is 0.690 bits per heavy atom. The van der Waals surface area contributed by atoms with Gasteiger partial charge in [-0.3, -0.25) is 0 Å². The smallest absolute Gasteiger partial charge is 0.142 e. The van der Waals surface area contributed by atoms with Crippen molar-refractivity contribution in [1.82, 2.24) is 15.0 Å². The molecule has 42 heavy (non-hydrogen) atoms. The molecule has 1 aliphatic carbocycles. The summed E-state index contributed by atoms with van der Waals surface area (Å²) in [5, 5.41) is 22.1. The highest BCUT2D eigenvalue weighted by Crippen LogP contribution is 2.64. The summed E-state index contributed by atoms with van der Waals surface area (Å²) in [6.07, 6.45) is 4.02. The van der Waals surface area contributed by atoms with Gasteiger partial charge in [0.2, 0.25) is 0 Å². The van der Waals surface area contributed by atoms with E-state index in [-0.39, 0.29) is 22.0 Å². The van der Waals surface area contributed by atoms with Crippen molar-refractivity contribution in [1.29, 1.82) is 0 Å². The molecule has 1 aromatic heterocycles. The van der Waals surface area contributed by atoms with Crippen molar-refractivity contribution in [2.75, 3.05) is 0 Å². The summed E-state index contributed by atoms with van der Waals surface area (Å²) in [5.41, 5.74) is 4.50. The number of allylic oxidation sites excluding steroid dienone is 3. The average Bonchev–Trinajstić information content (AvgIpc) is 3.37. The van der Waals surface area contributed by atoms with Crippen LogP contribution in [-0.2, 0) is 10.8 Å². The van der Waals surface area contributed by atoms with Gasteiger partial charge in [0.25, 0.3) is 0 Å². The van der Waals surface area contributed by atoms with Crippen LogP contribution in [0.5, 0.6) is 0 Å². The van der Waals surface area contributed by atoms with Crippen molar-refractivity contribution in [3.8, 4) is 0 Å². The molecule has 220 valence electrons. The molecule has 1 N–H and O–H groups in total. The molecule has 0 saturated carbocycles. The van der Waals surface area contributed by atoms with E-state index in [2.05, 4.69) is 129 Å². The van der Waals surface area contributed by atoms with Crippen LogP contribution in [0.2, 0.25) is 0 Å². The van der Waals surface area contributed by atoms with Crippen molar-refractivity contribution in [2.24, 2.45) is 16.2 Å². The van der Waals surface area contributed by atoms with Gasteiger partial charge in [0.15, 0.2) is 0 Å². The second-order valence-electron chi connectivity index (χ2n) is 15.1. The number of nitrogens with zero attached hydrogens (tertiary/aromatic N) is 3. The van der Waals surface area contributed by atoms with E-state index in [1.54, 1.807) is 4.80 Å². The predicted octanol–water partition coefficient (Wildman–Crippen LogP) is 9.89. The minimum atomic E-state index is -0.437. The topological polar surface area (TPSA) is 50.9 Å². The molecule has 0 aliphatic heterocycles. The van der Waals surface area contributed by atoms with Crippen LogP contribution in [0.15, 0.2) is 102 Å². The molecule has 5 rings (SSSR count). The van der Waals surface area contributed by atoms with E-state index in [9.17, 15) is 5.11 Å². The largest absolute Gasteiger partial charge is 0.506 e. The molecule has 1 aliphatic rings. The van der Waals surface area contributed by atoms with Crippen molar-refractivity contribution < 1.29 is 5.11 Å². The number of benzene rings is 3. The monoisotopic (exact) mass is 561 g/mol. The zero-order valence-corrected chi connectivity index (χ0v) is 26.9. The zero-order chi connectivity index (χ0) is 30.6. The Hall–Kier alpha value is -3.66. The third kappa shape index (κ3) is 4.99. The number of aliphatic hydroxyl groups is 1. The lowest BCUT2D eigenvalue weighted by molar-refractivity contribution is 0.00374. The lowest BCUT2D eigenvalue weighted by atomic mass is 9.44. The molecule has 3 aromatic carbocycles. The van der Waals surface area contributed by atoms with E-state index in [1.165, 1.54) is 11.1 Å². The molecule has 4 aromatic rings. The second-order valence-corrected chi connectivity index (χ2v) is 15.1. The molecule has 0 fully saturated rings. The summed E-state index contributed by atoms with van der Waals surface area (Å²) in [7, 11) is 0. The van der Waals surface area contributed by atoms with Crippen LogP contribution in [0.25, 0.3) is 16.7 Å². The molecule has 1 heterocycles. The lowest BCUT2D eigenvalue weighted by Gasteiger charge is -2.59. The van der Waals surface area contributed by atoms with Gasteiger partial charge in [0.05, 0.1) is 0 Å². The maximum Gasteiger partial charge on any atom is 0.142 e. The van der Waals surface area contributed by atoms with Crippen LogP contribution < -0.4 is 0 Å². The van der Waals surface area contributed by atoms with Gasteiger partial charge in [0.1, 0.15) is 22.5 Å². The predicted molar refractivity (Wildman–Crippen MR) is 175 cm³/mol. The van der Waals surface area contributed by atoms with Crippen LogP contribution in [0.3, 0.4) is 0 Å². The number of fused-ring (bicyclic) bond motifs is 1. The Morgan fingerprint density at radius 3 is 1.67 bits per heavy atom. The van der Waals surface area contributed by atoms with Gasteiger partial charge in [-0.25, -0.2) is 0 Å². The lowest BCUT2D eigenvalue weighted by Crippen LogP contribution is -2.54. The summed E-state index contributed by atoms with van der Waals surface area (Å²) in [6.45, 7) is 21.0. The fraction of sp³-hybridized carbons (Fsp3) is 0.421. The maximum atomic E-state index is 12.3.